The van der Waals surface area contributed by atoms with Crippen LogP contribution in [0.4, 0.5) is 5.69 Å². The first-order chi connectivity index (χ1) is 15.4. The molecular formula is C27H39N3OS. The van der Waals surface area contributed by atoms with Crippen LogP contribution in [-0.2, 0) is 4.79 Å². The van der Waals surface area contributed by atoms with Crippen LogP contribution in [0.1, 0.15) is 84.1 Å². The van der Waals surface area contributed by atoms with Crippen molar-refractivity contribution in [3.63, 3.8) is 0 Å². The normalized spacial score (nSPS) is 34.7. The zero-order valence-electron chi connectivity index (χ0n) is 20.2. The molecule has 174 valence electrons. The summed E-state index contributed by atoms with van der Waals surface area (Å²) in [4.78, 5) is 22.9. The summed E-state index contributed by atoms with van der Waals surface area (Å²) in [5, 5.41) is 1.20. The second-order valence-corrected chi connectivity index (χ2v) is 12.1. The lowest BCUT2D eigenvalue weighted by Gasteiger charge is -2.55. The highest BCUT2D eigenvalue weighted by Gasteiger charge is 2.52. The summed E-state index contributed by atoms with van der Waals surface area (Å²) in [6.45, 7) is 9.32. The molecule has 5 fully saturated rings. The van der Waals surface area contributed by atoms with Crippen molar-refractivity contribution in [2.75, 3.05) is 17.2 Å². The van der Waals surface area contributed by atoms with Crippen molar-refractivity contribution in [3.05, 3.63) is 29.8 Å². The molecule has 1 saturated heterocycles. The summed E-state index contributed by atoms with van der Waals surface area (Å²) in [5.74, 6) is 4.22. The fourth-order valence-electron chi connectivity index (χ4n) is 7.23. The Bertz CT molecular complexity index is 842. The minimum absolute atomic E-state index is 0.0509. The maximum atomic E-state index is 12.9. The Morgan fingerprint density at radius 1 is 1.12 bits per heavy atom. The standard InChI is InChI=1S/C27H39N3OS/c1-5-10-29-25(30(19(4)31)24-8-6-23(7-9-24)18(2)3)17-32-26(29)28-27-14-20-11-21(15-27)13-22(12-20)16-27/h6-9,18,20-22,25H,5,10-17H2,1-4H3. The van der Waals surface area contributed by atoms with Crippen LogP contribution in [0.3, 0.4) is 0 Å². The number of carbonyl (C=O) groups is 1. The minimum Gasteiger partial charge on any atom is -0.330 e. The van der Waals surface area contributed by atoms with Crippen LogP contribution in [-0.4, -0.2) is 40.0 Å². The molecule has 1 amide bonds. The summed E-state index contributed by atoms with van der Waals surface area (Å²) in [7, 11) is 0. The number of hydrogen-bond donors (Lipinski definition) is 0. The van der Waals surface area contributed by atoms with Gasteiger partial charge in [0.25, 0.3) is 0 Å². The number of aliphatic imine (C=N–C) groups is 1. The van der Waals surface area contributed by atoms with E-state index in [1.165, 1.54) is 49.3 Å². The third-order valence-electron chi connectivity index (χ3n) is 8.25. The van der Waals surface area contributed by atoms with Gasteiger partial charge in [0.2, 0.25) is 5.91 Å². The Labute approximate surface area is 198 Å². The summed E-state index contributed by atoms with van der Waals surface area (Å²) >= 11 is 1.88. The van der Waals surface area contributed by atoms with E-state index in [1.807, 2.05) is 16.7 Å². The molecule has 1 aromatic rings. The van der Waals surface area contributed by atoms with Crippen LogP contribution in [0.25, 0.3) is 0 Å². The number of benzene rings is 1. The molecule has 5 heteroatoms. The van der Waals surface area contributed by atoms with Crippen molar-refractivity contribution in [2.45, 2.75) is 90.3 Å². The Morgan fingerprint density at radius 2 is 1.72 bits per heavy atom. The first-order valence-electron chi connectivity index (χ1n) is 12.8. The molecule has 4 bridgehead atoms. The molecule has 4 saturated carbocycles. The van der Waals surface area contributed by atoms with Crippen LogP contribution in [0.2, 0.25) is 0 Å². The number of hydrogen-bond acceptors (Lipinski definition) is 3. The van der Waals surface area contributed by atoms with Gasteiger partial charge in [0.15, 0.2) is 5.17 Å². The van der Waals surface area contributed by atoms with E-state index < -0.39 is 0 Å². The van der Waals surface area contributed by atoms with Crippen LogP contribution in [0, 0.1) is 17.8 Å². The van der Waals surface area contributed by atoms with Gasteiger partial charge in [-0.25, -0.2) is 0 Å². The van der Waals surface area contributed by atoms with Crippen LogP contribution in [0.5, 0.6) is 0 Å². The fourth-order valence-corrected chi connectivity index (χ4v) is 8.50. The van der Waals surface area contributed by atoms with E-state index in [9.17, 15) is 4.79 Å². The second-order valence-electron chi connectivity index (χ2n) is 11.2. The lowest BCUT2D eigenvalue weighted by Crippen LogP contribution is -2.52. The Morgan fingerprint density at radius 3 is 2.22 bits per heavy atom. The smallest absolute Gasteiger partial charge is 0.225 e. The van der Waals surface area contributed by atoms with Crippen molar-refractivity contribution in [2.24, 2.45) is 22.7 Å². The first-order valence-corrected chi connectivity index (χ1v) is 13.7. The van der Waals surface area contributed by atoms with Gasteiger partial charge >= 0.3 is 0 Å². The van der Waals surface area contributed by atoms with Gasteiger partial charge < -0.3 is 4.90 Å². The molecule has 6 rings (SSSR count). The lowest BCUT2D eigenvalue weighted by atomic mass is 9.53. The third-order valence-corrected chi connectivity index (χ3v) is 9.29. The number of anilines is 1. The van der Waals surface area contributed by atoms with Gasteiger partial charge in [-0.05, 0) is 86.3 Å². The van der Waals surface area contributed by atoms with Gasteiger partial charge in [0.05, 0.1) is 5.54 Å². The van der Waals surface area contributed by atoms with Gasteiger partial charge in [-0.1, -0.05) is 44.7 Å². The summed E-state index contributed by atoms with van der Waals surface area (Å²) in [5.41, 5.74) is 2.50. The van der Waals surface area contributed by atoms with Gasteiger partial charge in [-0.15, -0.1) is 0 Å². The SMILES string of the molecule is CCCN1C(=NC23CC4CC(CC(C4)C2)C3)SCC1N(C(C)=O)c1ccc(C(C)C)cc1. The molecule has 0 aromatic heterocycles. The molecule has 32 heavy (non-hydrogen) atoms. The lowest BCUT2D eigenvalue weighted by molar-refractivity contribution is -0.117. The van der Waals surface area contributed by atoms with Crippen molar-refractivity contribution >= 4 is 28.5 Å². The van der Waals surface area contributed by atoms with Crippen LogP contribution >= 0.6 is 11.8 Å². The number of thioether (sulfide) groups is 1. The molecule has 4 nitrogen and oxygen atoms in total. The average molecular weight is 454 g/mol. The zero-order valence-corrected chi connectivity index (χ0v) is 21.0. The van der Waals surface area contributed by atoms with Gasteiger partial charge in [-0.2, -0.15) is 0 Å². The fraction of sp³-hybridized carbons (Fsp3) is 0.704. The van der Waals surface area contributed by atoms with Gasteiger partial charge in [0, 0.05) is 24.9 Å². The zero-order chi connectivity index (χ0) is 22.5. The molecule has 5 aliphatic rings. The van der Waals surface area contributed by atoms with Crippen LogP contribution in [0.15, 0.2) is 29.3 Å². The largest absolute Gasteiger partial charge is 0.330 e. The monoisotopic (exact) mass is 453 g/mol. The predicted octanol–water partition coefficient (Wildman–Crippen LogP) is 6.27. The molecule has 1 aliphatic heterocycles. The maximum Gasteiger partial charge on any atom is 0.225 e. The Hall–Kier alpha value is -1.49. The first kappa shape index (κ1) is 22.3. The van der Waals surface area contributed by atoms with E-state index in [4.69, 9.17) is 4.99 Å². The number of nitrogens with zero attached hydrogens (tertiary/aromatic N) is 3. The van der Waals surface area contributed by atoms with E-state index in [0.717, 1.165) is 42.2 Å². The number of carbonyl (C=O) groups excluding carboxylic acids is 1. The van der Waals surface area contributed by atoms with Crippen molar-refractivity contribution < 1.29 is 4.79 Å². The molecule has 1 aromatic carbocycles. The van der Waals surface area contributed by atoms with Gasteiger partial charge in [-0.3, -0.25) is 14.7 Å². The van der Waals surface area contributed by atoms with Gasteiger partial charge in [0.1, 0.15) is 6.17 Å². The van der Waals surface area contributed by atoms with Crippen molar-refractivity contribution in [1.29, 1.82) is 0 Å². The maximum absolute atomic E-state index is 12.9. The molecule has 1 heterocycles. The molecule has 4 aliphatic carbocycles. The highest BCUT2D eigenvalue weighted by Crippen LogP contribution is 2.57. The average Bonchev–Trinajstić information content (AvgIpc) is 3.09. The molecule has 1 atom stereocenters. The van der Waals surface area contributed by atoms with Crippen LogP contribution < -0.4 is 4.90 Å². The predicted molar refractivity (Wildman–Crippen MR) is 135 cm³/mol. The summed E-state index contributed by atoms with van der Waals surface area (Å²) < 4.78 is 0. The molecule has 0 N–H and O–H groups in total. The molecule has 0 radical (unpaired) electrons. The Kier molecular flexibility index (Phi) is 6.06. The number of amidine groups is 1. The van der Waals surface area contributed by atoms with Crippen molar-refractivity contribution in [3.8, 4) is 0 Å². The second kappa shape index (κ2) is 8.70. The highest BCUT2D eigenvalue weighted by atomic mass is 32.2. The van der Waals surface area contributed by atoms with Crippen molar-refractivity contribution in [1.82, 2.24) is 4.90 Å². The summed E-state index contributed by atoms with van der Waals surface area (Å²) in [6.07, 6.45) is 9.34. The molecule has 0 spiro atoms. The topological polar surface area (TPSA) is 35.9 Å². The minimum atomic E-state index is 0.0509. The molecular weight excluding hydrogens is 414 g/mol. The summed E-state index contributed by atoms with van der Waals surface area (Å²) in [6, 6.07) is 8.60. The highest BCUT2D eigenvalue weighted by molar-refractivity contribution is 8.14. The van der Waals surface area contributed by atoms with E-state index in [-0.39, 0.29) is 17.6 Å². The Balaban J connectivity index is 1.43. The molecule has 1 unspecified atom stereocenters. The third kappa shape index (κ3) is 4.10. The van der Waals surface area contributed by atoms with E-state index in [2.05, 4.69) is 49.9 Å². The number of amides is 1. The number of rotatable bonds is 6. The quantitative estimate of drug-likeness (QED) is 0.509. The van der Waals surface area contributed by atoms with E-state index in [0.29, 0.717) is 5.92 Å². The van der Waals surface area contributed by atoms with E-state index >= 15 is 0 Å². The van der Waals surface area contributed by atoms with E-state index in [1.54, 1.807) is 6.92 Å².